The van der Waals surface area contributed by atoms with Crippen LogP contribution < -0.4 is 10.1 Å². The SMILES string of the molecule is CC(C)(C)c1ccc2c(c1)[C@H]1C(=O)NC(=O)[C@H]1CO2. The number of carbonyl (C=O) groups excluding carboxylic acids is 2. The quantitative estimate of drug-likeness (QED) is 0.722. The fourth-order valence-electron chi connectivity index (χ4n) is 2.72. The molecule has 2 atom stereocenters. The summed E-state index contributed by atoms with van der Waals surface area (Å²) in [5.74, 6) is -0.472. The zero-order chi connectivity index (χ0) is 13.8. The van der Waals surface area contributed by atoms with Crippen LogP contribution in [0, 0.1) is 5.92 Å². The summed E-state index contributed by atoms with van der Waals surface area (Å²) in [5, 5.41) is 2.40. The maximum atomic E-state index is 12.0. The minimum atomic E-state index is -0.390. The highest BCUT2D eigenvalue weighted by Gasteiger charge is 2.46. The van der Waals surface area contributed by atoms with Crippen molar-refractivity contribution in [3.05, 3.63) is 29.3 Å². The number of fused-ring (bicyclic) bond motifs is 3. The average molecular weight is 259 g/mol. The Hall–Kier alpha value is -1.84. The zero-order valence-electron chi connectivity index (χ0n) is 11.3. The Morgan fingerprint density at radius 3 is 2.63 bits per heavy atom. The molecule has 0 unspecified atom stereocenters. The number of rotatable bonds is 0. The molecule has 1 saturated heterocycles. The predicted molar refractivity (Wildman–Crippen MR) is 70.0 cm³/mol. The molecule has 0 aromatic heterocycles. The lowest BCUT2D eigenvalue weighted by Gasteiger charge is -2.28. The normalized spacial score (nSPS) is 25.4. The van der Waals surface area contributed by atoms with Crippen molar-refractivity contribution >= 4 is 11.8 Å². The molecule has 2 aliphatic heterocycles. The molecule has 4 heteroatoms. The van der Waals surface area contributed by atoms with Crippen LogP contribution in [-0.2, 0) is 15.0 Å². The van der Waals surface area contributed by atoms with Gasteiger partial charge < -0.3 is 4.74 Å². The minimum absolute atomic E-state index is 0.00105. The van der Waals surface area contributed by atoms with Gasteiger partial charge in [0.25, 0.3) is 0 Å². The second-order valence-corrected chi connectivity index (χ2v) is 6.25. The molecule has 1 aromatic carbocycles. The van der Waals surface area contributed by atoms with Gasteiger partial charge in [-0.25, -0.2) is 0 Å². The summed E-state index contributed by atoms with van der Waals surface area (Å²) in [6.45, 7) is 6.64. The number of hydrogen-bond donors (Lipinski definition) is 1. The topological polar surface area (TPSA) is 55.4 Å². The molecule has 2 aliphatic rings. The highest BCUT2D eigenvalue weighted by molar-refractivity contribution is 6.08. The van der Waals surface area contributed by atoms with E-state index in [0.717, 1.165) is 16.9 Å². The number of nitrogens with one attached hydrogen (secondary N) is 1. The third-order valence-corrected chi connectivity index (χ3v) is 3.90. The van der Waals surface area contributed by atoms with Crippen molar-refractivity contribution in [2.45, 2.75) is 32.1 Å². The van der Waals surface area contributed by atoms with E-state index in [4.69, 9.17) is 4.74 Å². The lowest BCUT2D eigenvalue weighted by molar-refractivity contribution is -0.126. The van der Waals surface area contributed by atoms with E-state index in [2.05, 4.69) is 26.1 Å². The second kappa shape index (κ2) is 3.83. The summed E-state index contributed by atoms with van der Waals surface area (Å²) >= 11 is 0. The van der Waals surface area contributed by atoms with Crippen LogP contribution in [0.1, 0.15) is 37.8 Å². The molecule has 0 spiro atoms. The second-order valence-electron chi connectivity index (χ2n) is 6.25. The van der Waals surface area contributed by atoms with Gasteiger partial charge in [0.2, 0.25) is 11.8 Å². The largest absolute Gasteiger partial charge is 0.492 e. The Balaban J connectivity index is 2.11. The van der Waals surface area contributed by atoms with Gasteiger partial charge in [0.1, 0.15) is 12.4 Å². The molecule has 2 amide bonds. The van der Waals surface area contributed by atoms with E-state index >= 15 is 0 Å². The molecule has 0 saturated carbocycles. The van der Waals surface area contributed by atoms with Gasteiger partial charge in [-0.15, -0.1) is 0 Å². The van der Waals surface area contributed by atoms with Crippen LogP contribution in [0.4, 0.5) is 0 Å². The van der Waals surface area contributed by atoms with Crippen LogP contribution in [0.15, 0.2) is 18.2 Å². The van der Waals surface area contributed by atoms with Gasteiger partial charge in [-0.2, -0.15) is 0 Å². The van der Waals surface area contributed by atoms with E-state index in [1.165, 1.54) is 0 Å². The van der Waals surface area contributed by atoms with Crippen LogP contribution in [0.3, 0.4) is 0 Å². The smallest absolute Gasteiger partial charge is 0.235 e. The van der Waals surface area contributed by atoms with Gasteiger partial charge >= 0.3 is 0 Å². The van der Waals surface area contributed by atoms with Crippen molar-refractivity contribution in [3.63, 3.8) is 0 Å². The summed E-state index contributed by atoms with van der Waals surface area (Å²) in [5.41, 5.74) is 1.98. The fraction of sp³-hybridized carbons (Fsp3) is 0.467. The number of carbonyl (C=O) groups is 2. The molecular formula is C15H17NO3. The maximum absolute atomic E-state index is 12.0. The van der Waals surface area contributed by atoms with Crippen molar-refractivity contribution in [2.24, 2.45) is 5.92 Å². The summed E-state index contributed by atoms with van der Waals surface area (Å²) in [6.07, 6.45) is 0. The molecule has 0 radical (unpaired) electrons. The standard InChI is InChI=1S/C15H17NO3/c1-15(2,3)8-4-5-11-9(6-8)12-10(7-19-11)13(17)16-14(12)18/h4-6,10,12H,7H2,1-3H3,(H,16,17,18)/t10-,12+/m0/s1. The number of imide groups is 1. The third-order valence-electron chi connectivity index (χ3n) is 3.90. The van der Waals surface area contributed by atoms with Gasteiger partial charge in [0.05, 0.1) is 11.8 Å². The Morgan fingerprint density at radius 1 is 1.21 bits per heavy atom. The lowest BCUT2D eigenvalue weighted by Crippen LogP contribution is -2.29. The molecule has 19 heavy (non-hydrogen) atoms. The van der Waals surface area contributed by atoms with E-state index in [9.17, 15) is 9.59 Å². The van der Waals surface area contributed by atoms with Crippen LogP contribution in [0.2, 0.25) is 0 Å². The number of ether oxygens (including phenoxy) is 1. The van der Waals surface area contributed by atoms with Crippen LogP contribution in [0.5, 0.6) is 5.75 Å². The molecule has 1 N–H and O–H groups in total. The lowest BCUT2D eigenvalue weighted by atomic mass is 9.80. The number of benzene rings is 1. The Labute approximate surface area is 112 Å². The minimum Gasteiger partial charge on any atom is -0.492 e. The van der Waals surface area contributed by atoms with Gasteiger partial charge in [-0.1, -0.05) is 32.9 Å². The van der Waals surface area contributed by atoms with Crippen molar-refractivity contribution in [2.75, 3.05) is 6.61 Å². The van der Waals surface area contributed by atoms with E-state index in [0.29, 0.717) is 0 Å². The summed E-state index contributed by atoms with van der Waals surface area (Å²) < 4.78 is 5.61. The molecule has 0 aliphatic carbocycles. The first-order chi connectivity index (χ1) is 8.88. The van der Waals surface area contributed by atoms with Gasteiger partial charge in [-0.05, 0) is 17.0 Å². The molecule has 2 heterocycles. The zero-order valence-corrected chi connectivity index (χ0v) is 11.3. The summed E-state index contributed by atoms with van der Waals surface area (Å²) in [6, 6.07) is 5.93. The summed E-state index contributed by atoms with van der Waals surface area (Å²) in [4.78, 5) is 23.7. The highest BCUT2D eigenvalue weighted by Crippen LogP contribution is 2.41. The van der Waals surface area contributed by atoms with Crippen LogP contribution in [-0.4, -0.2) is 18.4 Å². The Morgan fingerprint density at radius 2 is 1.95 bits per heavy atom. The molecule has 1 fully saturated rings. The maximum Gasteiger partial charge on any atom is 0.235 e. The van der Waals surface area contributed by atoms with Crippen molar-refractivity contribution in [1.29, 1.82) is 0 Å². The van der Waals surface area contributed by atoms with Crippen LogP contribution in [0.25, 0.3) is 0 Å². The first kappa shape index (κ1) is 12.2. The van der Waals surface area contributed by atoms with Gasteiger partial charge in [0.15, 0.2) is 0 Å². The molecule has 1 aromatic rings. The fourth-order valence-corrected chi connectivity index (χ4v) is 2.72. The first-order valence-electron chi connectivity index (χ1n) is 6.50. The van der Waals surface area contributed by atoms with Gasteiger partial charge in [-0.3, -0.25) is 14.9 Å². The van der Waals surface area contributed by atoms with E-state index in [1.807, 2.05) is 18.2 Å². The average Bonchev–Trinajstić information content (AvgIpc) is 2.63. The van der Waals surface area contributed by atoms with Crippen LogP contribution >= 0.6 is 0 Å². The van der Waals surface area contributed by atoms with Crippen molar-refractivity contribution in [3.8, 4) is 5.75 Å². The molecule has 4 nitrogen and oxygen atoms in total. The molecule has 100 valence electrons. The summed E-state index contributed by atoms with van der Waals surface area (Å²) in [7, 11) is 0. The highest BCUT2D eigenvalue weighted by atomic mass is 16.5. The molecular weight excluding hydrogens is 242 g/mol. The molecule has 0 bridgehead atoms. The monoisotopic (exact) mass is 259 g/mol. The van der Waals surface area contributed by atoms with Gasteiger partial charge in [0, 0.05) is 5.56 Å². The van der Waals surface area contributed by atoms with E-state index < -0.39 is 5.92 Å². The van der Waals surface area contributed by atoms with Crippen molar-refractivity contribution < 1.29 is 14.3 Å². The van der Waals surface area contributed by atoms with E-state index in [-0.39, 0.29) is 29.8 Å². The number of amides is 2. The Bertz CT molecular complexity index is 571. The first-order valence-corrected chi connectivity index (χ1v) is 6.50. The Kier molecular flexibility index (Phi) is 2.46. The van der Waals surface area contributed by atoms with Crippen molar-refractivity contribution in [1.82, 2.24) is 5.32 Å². The predicted octanol–water partition coefficient (Wildman–Crippen LogP) is 1.73. The number of hydrogen-bond acceptors (Lipinski definition) is 3. The molecule has 3 rings (SSSR count). The third kappa shape index (κ3) is 1.82. The van der Waals surface area contributed by atoms with E-state index in [1.54, 1.807) is 0 Å².